The molecule has 0 radical (unpaired) electrons. The predicted molar refractivity (Wildman–Crippen MR) is 118 cm³/mol. The maximum Gasteiger partial charge on any atom is 0.172 e. The molecule has 4 aromatic carbocycles. The van der Waals surface area contributed by atoms with Crippen molar-refractivity contribution < 1.29 is 17.2 Å². The van der Waals surface area contributed by atoms with E-state index in [2.05, 4.69) is 0 Å². The fraction of sp³-hybridized carbons (Fsp3) is 0.0769. The van der Waals surface area contributed by atoms with Gasteiger partial charge in [0.25, 0.3) is 0 Å². The average molecular weight is 435 g/mol. The number of sulfone groups is 1. The number of benzene rings is 4. The summed E-state index contributed by atoms with van der Waals surface area (Å²) < 4.78 is 58.1. The Morgan fingerprint density at radius 3 is 1.16 bits per heavy atom. The zero-order valence-corrected chi connectivity index (χ0v) is 17.3. The van der Waals surface area contributed by atoms with Crippen LogP contribution < -0.4 is 0 Å². The summed E-state index contributed by atoms with van der Waals surface area (Å²) in [6.07, 6.45) is 0. The topological polar surface area (TPSA) is 34.1 Å². The van der Waals surface area contributed by atoms with E-state index < -0.39 is 32.0 Å². The largest absolute Gasteiger partial charge is 0.227 e. The molecule has 5 heteroatoms. The van der Waals surface area contributed by atoms with Crippen LogP contribution in [0.4, 0.5) is 8.78 Å². The third-order valence-corrected chi connectivity index (χ3v) is 7.60. The number of hydrogen-bond donors (Lipinski definition) is 0. The molecule has 2 nitrogen and oxygen atoms in total. The van der Waals surface area contributed by atoms with Gasteiger partial charge in [0.15, 0.2) is 9.84 Å². The van der Waals surface area contributed by atoms with E-state index in [0.29, 0.717) is 11.1 Å². The second kappa shape index (κ2) is 8.82. The molecule has 0 amide bonds. The summed E-state index contributed by atoms with van der Waals surface area (Å²) >= 11 is 0. The summed E-state index contributed by atoms with van der Waals surface area (Å²) in [6.45, 7) is 0. The first-order chi connectivity index (χ1) is 15.0. The summed E-state index contributed by atoms with van der Waals surface area (Å²) in [5, 5.41) is -2.61. The first-order valence-electron chi connectivity index (χ1n) is 9.81. The molecule has 2 atom stereocenters. The Morgan fingerprint density at radius 1 is 0.484 bits per heavy atom. The van der Waals surface area contributed by atoms with Crippen molar-refractivity contribution in [3.8, 4) is 0 Å². The van der Waals surface area contributed by atoms with Crippen molar-refractivity contribution in [2.45, 2.75) is 10.5 Å². The molecule has 0 aliphatic heterocycles. The summed E-state index contributed by atoms with van der Waals surface area (Å²) in [4.78, 5) is 0. The molecule has 0 N–H and O–H groups in total. The van der Waals surface area contributed by atoms with Crippen LogP contribution in [0.15, 0.2) is 109 Å². The highest BCUT2D eigenvalue weighted by molar-refractivity contribution is 7.92. The minimum Gasteiger partial charge on any atom is -0.227 e. The molecule has 156 valence electrons. The van der Waals surface area contributed by atoms with Crippen molar-refractivity contribution in [3.63, 3.8) is 0 Å². The molecule has 0 heterocycles. The highest BCUT2D eigenvalue weighted by Crippen LogP contribution is 2.43. The van der Waals surface area contributed by atoms with E-state index >= 15 is 0 Å². The molecule has 0 aliphatic rings. The second-order valence-corrected chi connectivity index (χ2v) is 9.33. The fourth-order valence-electron chi connectivity index (χ4n) is 3.86. The van der Waals surface area contributed by atoms with E-state index in [1.807, 2.05) is 0 Å². The normalized spacial score (nSPS) is 13.5. The Labute approximate surface area is 180 Å². The van der Waals surface area contributed by atoms with Crippen LogP contribution in [-0.2, 0) is 9.84 Å². The quantitative estimate of drug-likeness (QED) is 0.359. The maximum atomic E-state index is 14.9. The molecule has 0 fully saturated rings. The minimum absolute atomic E-state index is 0.0333. The molecule has 0 aromatic heterocycles. The van der Waals surface area contributed by atoms with Gasteiger partial charge in [-0.25, -0.2) is 17.2 Å². The molecular weight excluding hydrogens is 414 g/mol. The average Bonchev–Trinajstić information content (AvgIpc) is 2.78. The first-order valence-corrected chi connectivity index (χ1v) is 11.4. The SMILES string of the molecule is O=S(=O)(C(c1ccccc1)c1ccccc1F)C(c1ccccc1)c1ccccc1F. The first kappa shape index (κ1) is 20.9. The van der Waals surface area contributed by atoms with Crippen LogP contribution in [0.5, 0.6) is 0 Å². The maximum absolute atomic E-state index is 14.9. The smallest absolute Gasteiger partial charge is 0.172 e. The molecular formula is C26H20F2O2S. The van der Waals surface area contributed by atoms with Crippen LogP contribution in [0, 0.1) is 11.6 Å². The molecule has 2 unspecified atom stereocenters. The molecule has 0 spiro atoms. The highest BCUT2D eigenvalue weighted by atomic mass is 32.2. The van der Waals surface area contributed by atoms with Crippen LogP contribution in [0.2, 0.25) is 0 Å². The lowest BCUT2D eigenvalue weighted by molar-refractivity contribution is 0.565. The van der Waals surface area contributed by atoms with Crippen molar-refractivity contribution in [2.24, 2.45) is 0 Å². The summed E-state index contributed by atoms with van der Waals surface area (Å²) in [5.74, 6) is -1.25. The third kappa shape index (κ3) is 4.14. The monoisotopic (exact) mass is 434 g/mol. The van der Waals surface area contributed by atoms with Gasteiger partial charge in [-0.3, -0.25) is 0 Å². The lowest BCUT2D eigenvalue weighted by Crippen LogP contribution is -2.24. The molecule has 0 bridgehead atoms. The Balaban J connectivity index is 2.00. The third-order valence-electron chi connectivity index (χ3n) is 5.24. The zero-order chi connectivity index (χ0) is 21.8. The Kier molecular flexibility index (Phi) is 5.96. The van der Waals surface area contributed by atoms with Gasteiger partial charge in [0.2, 0.25) is 0 Å². The highest BCUT2D eigenvalue weighted by Gasteiger charge is 2.40. The molecule has 0 aliphatic carbocycles. The van der Waals surface area contributed by atoms with Crippen molar-refractivity contribution in [1.82, 2.24) is 0 Å². The number of halogens is 2. The van der Waals surface area contributed by atoms with E-state index in [4.69, 9.17) is 0 Å². The van der Waals surface area contributed by atoms with Crippen LogP contribution in [0.1, 0.15) is 32.8 Å². The molecule has 4 aromatic rings. The predicted octanol–water partition coefficient (Wildman–Crippen LogP) is 6.26. The van der Waals surface area contributed by atoms with E-state index in [1.165, 1.54) is 36.4 Å². The van der Waals surface area contributed by atoms with Crippen LogP contribution in [-0.4, -0.2) is 8.42 Å². The van der Waals surface area contributed by atoms with Gasteiger partial charge in [0, 0.05) is 11.1 Å². The Hall–Kier alpha value is -3.31. The van der Waals surface area contributed by atoms with Gasteiger partial charge in [0.1, 0.15) is 22.1 Å². The number of hydrogen-bond acceptors (Lipinski definition) is 2. The Morgan fingerprint density at radius 2 is 0.806 bits per heavy atom. The number of rotatable bonds is 6. The fourth-order valence-corrected chi connectivity index (χ4v) is 6.29. The van der Waals surface area contributed by atoms with Crippen molar-refractivity contribution >= 4 is 9.84 Å². The molecule has 0 saturated heterocycles. The second-order valence-electron chi connectivity index (χ2n) is 7.21. The van der Waals surface area contributed by atoms with Gasteiger partial charge in [0.05, 0.1) is 0 Å². The van der Waals surface area contributed by atoms with Crippen LogP contribution in [0.25, 0.3) is 0 Å². The van der Waals surface area contributed by atoms with Gasteiger partial charge in [-0.1, -0.05) is 97.1 Å². The van der Waals surface area contributed by atoms with Gasteiger partial charge >= 0.3 is 0 Å². The van der Waals surface area contributed by atoms with Crippen molar-refractivity contribution in [2.75, 3.05) is 0 Å². The van der Waals surface area contributed by atoms with Gasteiger partial charge in [-0.15, -0.1) is 0 Å². The molecule has 0 saturated carbocycles. The lowest BCUT2D eigenvalue weighted by Gasteiger charge is -2.26. The minimum atomic E-state index is -4.20. The van der Waals surface area contributed by atoms with Crippen molar-refractivity contribution in [3.05, 3.63) is 143 Å². The van der Waals surface area contributed by atoms with E-state index in [1.54, 1.807) is 72.8 Å². The summed E-state index contributed by atoms with van der Waals surface area (Å²) in [6, 6.07) is 28.6. The Bertz CT molecular complexity index is 1180. The van der Waals surface area contributed by atoms with Gasteiger partial charge in [-0.2, -0.15) is 0 Å². The van der Waals surface area contributed by atoms with Crippen molar-refractivity contribution in [1.29, 1.82) is 0 Å². The lowest BCUT2D eigenvalue weighted by atomic mass is 10.0. The van der Waals surface area contributed by atoms with Crippen LogP contribution in [0.3, 0.4) is 0 Å². The summed E-state index contributed by atoms with van der Waals surface area (Å²) in [5.41, 5.74) is 0.909. The molecule has 4 rings (SSSR count). The standard InChI is InChI=1S/C26H20F2O2S/c27-23-17-9-7-15-21(23)25(19-11-3-1-4-12-19)31(29,30)26(20-13-5-2-6-14-20)22-16-8-10-18-24(22)28/h1-18,25-26H. The van der Waals surface area contributed by atoms with E-state index in [-0.39, 0.29) is 11.1 Å². The van der Waals surface area contributed by atoms with E-state index in [0.717, 1.165) is 0 Å². The van der Waals surface area contributed by atoms with Gasteiger partial charge < -0.3 is 0 Å². The zero-order valence-electron chi connectivity index (χ0n) is 16.5. The summed E-state index contributed by atoms with van der Waals surface area (Å²) in [7, 11) is -4.20. The van der Waals surface area contributed by atoms with Gasteiger partial charge in [-0.05, 0) is 23.3 Å². The van der Waals surface area contributed by atoms with Crippen LogP contribution >= 0.6 is 0 Å². The molecule has 31 heavy (non-hydrogen) atoms. The van der Waals surface area contributed by atoms with E-state index in [9.17, 15) is 17.2 Å².